The third-order valence-electron chi connectivity index (χ3n) is 4.63. The van der Waals surface area contributed by atoms with Crippen LogP contribution in [-0.2, 0) is 9.59 Å². The zero-order chi connectivity index (χ0) is 23.9. The van der Waals surface area contributed by atoms with Crippen molar-refractivity contribution in [1.29, 1.82) is 0 Å². The number of carbonyl (C=O) groups is 4. The molecule has 0 saturated heterocycles. The topological polar surface area (TPSA) is 116 Å². The highest BCUT2D eigenvalue weighted by atomic mass is 127. The summed E-state index contributed by atoms with van der Waals surface area (Å²) >= 11 is 6.04. The number of benzene rings is 1. The quantitative estimate of drug-likeness (QED) is 0.313. The molecule has 0 radical (unpaired) electrons. The highest BCUT2D eigenvalue weighted by Gasteiger charge is 2.31. The number of carbonyl (C=O) groups excluding carboxylic acids is 3. The molecular formula is C20H26I3N3O5. The Morgan fingerprint density at radius 1 is 0.903 bits per heavy atom. The van der Waals surface area contributed by atoms with Crippen LogP contribution in [0.1, 0.15) is 61.3 Å². The molecule has 1 aromatic rings. The third-order valence-corrected chi connectivity index (χ3v) is 7.81. The molecule has 1 rings (SSSR count). The van der Waals surface area contributed by atoms with Crippen molar-refractivity contribution in [2.45, 2.75) is 40.5 Å². The molecule has 0 fully saturated rings. The fraction of sp³-hybridized carbons (Fsp3) is 0.500. The summed E-state index contributed by atoms with van der Waals surface area (Å²) in [6, 6.07) is 0. The summed E-state index contributed by atoms with van der Waals surface area (Å²) in [6.45, 7) is 7.90. The predicted octanol–water partition coefficient (Wildman–Crippen LogP) is 3.85. The molecule has 31 heavy (non-hydrogen) atoms. The van der Waals surface area contributed by atoms with Crippen LogP contribution < -0.4 is 15.5 Å². The Labute approximate surface area is 223 Å². The van der Waals surface area contributed by atoms with E-state index in [0.717, 1.165) is 0 Å². The van der Waals surface area contributed by atoms with Gasteiger partial charge < -0.3 is 20.6 Å². The number of hydrogen-bond acceptors (Lipinski definition) is 4. The molecule has 0 spiro atoms. The maximum atomic E-state index is 13.1. The maximum Gasteiger partial charge on any atom is 0.308 e. The van der Waals surface area contributed by atoms with Gasteiger partial charge in [0, 0.05) is 29.6 Å². The Morgan fingerprint density at radius 3 is 1.81 bits per heavy atom. The van der Waals surface area contributed by atoms with Gasteiger partial charge in [-0.3, -0.25) is 19.2 Å². The normalized spacial score (nSPS) is 11.6. The molecule has 8 nitrogen and oxygen atoms in total. The van der Waals surface area contributed by atoms with Crippen molar-refractivity contribution in [3.8, 4) is 0 Å². The van der Waals surface area contributed by atoms with Gasteiger partial charge >= 0.3 is 5.97 Å². The van der Waals surface area contributed by atoms with Gasteiger partial charge in [0.15, 0.2) is 0 Å². The van der Waals surface area contributed by atoms with Crippen molar-refractivity contribution >= 4 is 97.2 Å². The monoisotopic (exact) mass is 769 g/mol. The van der Waals surface area contributed by atoms with Crippen molar-refractivity contribution < 1.29 is 24.3 Å². The molecule has 0 saturated carbocycles. The summed E-state index contributed by atoms with van der Waals surface area (Å²) in [5, 5.41) is 14.7. The van der Waals surface area contributed by atoms with E-state index in [9.17, 15) is 24.3 Å². The first kappa shape index (κ1) is 28.3. The lowest BCUT2D eigenvalue weighted by Crippen LogP contribution is -2.37. The van der Waals surface area contributed by atoms with Gasteiger partial charge in [-0.25, -0.2) is 0 Å². The highest BCUT2D eigenvalue weighted by molar-refractivity contribution is 14.1. The van der Waals surface area contributed by atoms with Crippen LogP contribution in [0.5, 0.6) is 0 Å². The Balaban J connectivity index is 3.69. The molecule has 3 amide bonds. The van der Waals surface area contributed by atoms with E-state index >= 15 is 0 Å². The minimum absolute atomic E-state index is 0.0278. The van der Waals surface area contributed by atoms with E-state index in [0.29, 0.717) is 41.5 Å². The van der Waals surface area contributed by atoms with Crippen LogP contribution in [0.3, 0.4) is 0 Å². The van der Waals surface area contributed by atoms with Crippen LogP contribution in [0.4, 0.5) is 5.69 Å². The minimum Gasteiger partial charge on any atom is -0.481 e. The Bertz CT molecular complexity index is 876. The van der Waals surface area contributed by atoms with Gasteiger partial charge in [-0.15, -0.1) is 0 Å². The number of anilines is 1. The van der Waals surface area contributed by atoms with E-state index in [1.165, 1.54) is 0 Å². The van der Waals surface area contributed by atoms with Gasteiger partial charge in [0.2, 0.25) is 5.91 Å². The lowest BCUT2D eigenvalue weighted by molar-refractivity contribution is -0.141. The molecule has 3 N–H and O–H groups in total. The van der Waals surface area contributed by atoms with Crippen molar-refractivity contribution in [3.05, 3.63) is 21.8 Å². The van der Waals surface area contributed by atoms with Crippen molar-refractivity contribution in [3.63, 3.8) is 0 Å². The number of aliphatic carboxylic acids is 1. The minimum atomic E-state index is -0.982. The predicted molar refractivity (Wildman–Crippen MR) is 145 cm³/mol. The van der Waals surface area contributed by atoms with Gasteiger partial charge in [-0.05, 0) is 88.0 Å². The molecular weight excluding hydrogens is 743 g/mol. The largest absolute Gasteiger partial charge is 0.481 e. The van der Waals surface area contributed by atoms with E-state index in [2.05, 4.69) is 10.6 Å². The van der Waals surface area contributed by atoms with Crippen molar-refractivity contribution in [2.75, 3.05) is 24.5 Å². The number of halogens is 3. The van der Waals surface area contributed by atoms with E-state index in [1.807, 2.05) is 74.7 Å². The summed E-state index contributed by atoms with van der Waals surface area (Å²) in [6.07, 6.45) is 0.654. The molecule has 1 unspecified atom stereocenters. The average Bonchev–Trinajstić information content (AvgIpc) is 2.70. The molecule has 0 aromatic heterocycles. The molecule has 1 aromatic carbocycles. The molecule has 11 heteroatoms. The summed E-state index contributed by atoms with van der Waals surface area (Å²) in [5.41, 5.74) is 1.12. The smallest absolute Gasteiger partial charge is 0.308 e. The van der Waals surface area contributed by atoms with E-state index in [4.69, 9.17) is 0 Å². The number of nitrogens with one attached hydrogen (secondary N) is 2. The van der Waals surface area contributed by atoms with E-state index < -0.39 is 17.8 Å². The molecule has 1 atom stereocenters. The average molecular weight is 769 g/mol. The molecule has 0 aliphatic rings. The Morgan fingerprint density at radius 2 is 1.42 bits per heavy atom. The van der Waals surface area contributed by atoms with Crippen LogP contribution in [0.2, 0.25) is 0 Å². The molecule has 0 bridgehead atoms. The summed E-state index contributed by atoms with van der Waals surface area (Å²) in [4.78, 5) is 51.5. The van der Waals surface area contributed by atoms with Crippen LogP contribution in [0.25, 0.3) is 0 Å². The van der Waals surface area contributed by atoms with Crippen LogP contribution >= 0.6 is 67.8 Å². The summed E-state index contributed by atoms with van der Waals surface area (Å²) < 4.78 is 1.60. The zero-order valence-electron chi connectivity index (χ0n) is 17.8. The van der Waals surface area contributed by atoms with Crippen LogP contribution in [0, 0.1) is 16.6 Å². The first-order chi connectivity index (χ1) is 14.6. The number of nitrogens with zero attached hydrogens (tertiary/aromatic N) is 1. The number of rotatable bonds is 10. The second kappa shape index (κ2) is 13.1. The van der Waals surface area contributed by atoms with Gasteiger partial charge in [0.25, 0.3) is 11.8 Å². The molecule has 0 aliphatic heterocycles. The SMILES string of the molecule is CCNC(=O)c1c(I)c(C(=O)NCC(CC)C(=O)O)c(I)c(N(CC)C(=O)CC)c1I. The van der Waals surface area contributed by atoms with Gasteiger partial charge in [0.05, 0.1) is 29.9 Å². The fourth-order valence-corrected chi connectivity index (χ4v) is 7.62. The van der Waals surface area contributed by atoms with Crippen molar-refractivity contribution in [1.82, 2.24) is 10.6 Å². The summed E-state index contributed by atoms with van der Waals surface area (Å²) in [5.74, 6) is -2.62. The van der Waals surface area contributed by atoms with Crippen LogP contribution in [-0.4, -0.2) is 48.4 Å². The van der Waals surface area contributed by atoms with Gasteiger partial charge in [-0.2, -0.15) is 0 Å². The summed E-state index contributed by atoms with van der Waals surface area (Å²) in [7, 11) is 0. The Kier molecular flexibility index (Phi) is 12.0. The number of carboxylic acids is 1. The lowest BCUT2D eigenvalue weighted by atomic mass is 10.0. The first-order valence-electron chi connectivity index (χ1n) is 9.86. The molecule has 0 aliphatic carbocycles. The highest BCUT2D eigenvalue weighted by Crippen LogP contribution is 2.38. The van der Waals surface area contributed by atoms with Gasteiger partial charge in [-0.1, -0.05) is 13.8 Å². The first-order valence-corrected chi connectivity index (χ1v) is 13.1. The number of hydrogen-bond donors (Lipinski definition) is 3. The Hall–Kier alpha value is -0.710. The van der Waals surface area contributed by atoms with E-state index in [-0.39, 0.29) is 30.3 Å². The van der Waals surface area contributed by atoms with Crippen LogP contribution in [0.15, 0.2) is 0 Å². The molecule has 0 heterocycles. The number of carboxylic acid groups (broad SMARTS) is 1. The zero-order valence-corrected chi connectivity index (χ0v) is 24.2. The second-order valence-electron chi connectivity index (χ2n) is 6.54. The lowest BCUT2D eigenvalue weighted by Gasteiger charge is -2.27. The standard InChI is InChI=1S/C20H26I3N3O5/c1-5-10(20(30)31)9-25-19(29)13-14(21)12(18(28)24-7-3)15(22)17(16(13)23)26(8-4)11(27)6-2/h10H,5-9H2,1-4H3,(H,24,28)(H,25,29)(H,30,31). The third kappa shape index (κ3) is 6.65. The fourth-order valence-electron chi connectivity index (χ4n) is 2.90. The van der Waals surface area contributed by atoms with E-state index in [1.54, 1.807) is 25.7 Å². The second-order valence-corrected chi connectivity index (χ2v) is 9.78. The van der Waals surface area contributed by atoms with Gasteiger partial charge in [0.1, 0.15) is 0 Å². The maximum absolute atomic E-state index is 13.1. The van der Waals surface area contributed by atoms with Crippen molar-refractivity contribution in [2.24, 2.45) is 5.92 Å². The molecule has 172 valence electrons. The number of amides is 3.